The lowest BCUT2D eigenvalue weighted by Crippen LogP contribution is -2.09. The monoisotopic (exact) mass is 239 g/mol. The molecule has 90 valence electrons. The molecule has 0 radical (unpaired) electrons. The van der Waals surface area contributed by atoms with Crippen molar-refractivity contribution in [1.29, 1.82) is 0 Å². The zero-order valence-electron chi connectivity index (χ0n) is 9.73. The van der Waals surface area contributed by atoms with Crippen molar-refractivity contribution in [3.05, 3.63) is 71.8 Å². The summed E-state index contributed by atoms with van der Waals surface area (Å²) in [4.78, 5) is 15.4. The maximum absolute atomic E-state index is 11.7. The fraction of sp³-hybridized carbons (Fsp3) is 0.0667. The van der Waals surface area contributed by atoms with Crippen molar-refractivity contribution in [3.8, 4) is 0 Å². The van der Waals surface area contributed by atoms with Crippen molar-refractivity contribution in [2.45, 2.75) is 6.10 Å². The van der Waals surface area contributed by atoms with E-state index in [2.05, 4.69) is 4.99 Å². The third-order valence-electron chi connectivity index (χ3n) is 2.49. The van der Waals surface area contributed by atoms with Crippen LogP contribution in [0.15, 0.2) is 65.7 Å². The summed E-state index contributed by atoms with van der Waals surface area (Å²) >= 11 is 0. The lowest BCUT2D eigenvalue weighted by Gasteiger charge is -2.05. The van der Waals surface area contributed by atoms with E-state index >= 15 is 0 Å². The largest absolute Gasteiger partial charge is 0.378 e. The molecule has 0 unspecified atom stereocenters. The first-order valence-electron chi connectivity index (χ1n) is 5.63. The fourth-order valence-electron chi connectivity index (χ4n) is 1.53. The third-order valence-corrected chi connectivity index (χ3v) is 2.49. The Balaban J connectivity index is 2.07. The minimum atomic E-state index is -1.20. The van der Waals surface area contributed by atoms with Crippen LogP contribution in [-0.2, 0) is 4.79 Å². The van der Waals surface area contributed by atoms with Gasteiger partial charge in [-0.15, -0.1) is 0 Å². The van der Waals surface area contributed by atoms with Gasteiger partial charge in [0.2, 0.25) is 0 Å². The second-order valence-electron chi connectivity index (χ2n) is 3.82. The number of amides is 1. The first-order chi connectivity index (χ1) is 8.77. The van der Waals surface area contributed by atoms with E-state index in [9.17, 15) is 9.90 Å². The molecule has 0 aliphatic carbocycles. The van der Waals surface area contributed by atoms with Gasteiger partial charge in [-0.3, -0.25) is 4.79 Å². The molecule has 1 amide bonds. The topological polar surface area (TPSA) is 49.7 Å². The van der Waals surface area contributed by atoms with Gasteiger partial charge in [-0.2, -0.15) is 0 Å². The van der Waals surface area contributed by atoms with E-state index in [-0.39, 0.29) is 0 Å². The first-order valence-corrected chi connectivity index (χ1v) is 5.63. The molecule has 0 bridgehead atoms. The van der Waals surface area contributed by atoms with Gasteiger partial charge in [0.05, 0.1) is 0 Å². The summed E-state index contributed by atoms with van der Waals surface area (Å²) in [6, 6.07) is 18.0. The van der Waals surface area contributed by atoms with Gasteiger partial charge in [0.15, 0.2) is 6.10 Å². The highest BCUT2D eigenvalue weighted by molar-refractivity contribution is 5.94. The van der Waals surface area contributed by atoms with Crippen LogP contribution in [0.1, 0.15) is 17.2 Å². The molecule has 0 saturated carbocycles. The summed E-state index contributed by atoms with van der Waals surface area (Å²) in [6.45, 7) is 0. The van der Waals surface area contributed by atoms with Crippen molar-refractivity contribution < 1.29 is 9.90 Å². The molecule has 1 N–H and O–H groups in total. The maximum atomic E-state index is 11.7. The van der Waals surface area contributed by atoms with E-state index in [1.807, 2.05) is 36.4 Å². The number of hydrogen-bond acceptors (Lipinski definition) is 2. The van der Waals surface area contributed by atoms with Gasteiger partial charge in [-0.05, 0) is 11.1 Å². The molecule has 0 heterocycles. The van der Waals surface area contributed by atoms with Gasteiger partial charge in [0.1, 0.15) is 0 Å². The Morgan fingerprint density at radius 1 is 1.00 bits per heavy atom. The quantitative estimate of drug-likeness (QED) is 0.836. The van der Waals surface area contributed by atoms with Crippen molar-refractivity contribution in [3.63, 3.8) is 0 Å². The minimum absolute atomic E-state index is 0.549. The zero-order valence-corrected chi connectivity index (χ0v) is 9.73. The number of carbonyl (C=O) groups is 1. The number of carbonyl (C=O) groups excluding carboxylic acids is 1. The minimum Gasteiger partial charge on any atom is -0.378 e. The fourth-order valence-corrected chi connectivity index (χ4v) is 1.53. The molecular weight excluding hydrogens is 226 g/mol. The molecule has 0 fully saturated rings. The Morgan fingerprint density at radius 3 is 2.17 bits per heavy atom. The molecule has 18 heavy (non-hydrogen) atoms. The highest BCUT2D eigenvalue weighted by Gasteiger charge is 2.15. The number of aliphatic hydroxyl groups excluding tert-OH is 1. The van der Waals surface area contributed by atoms with E-state index in [0.29, 0.717) is 5.56 Å². The Morgan fingerprint density at radius 2 is 1.56 bits per heavy atom. The van der Waals surface area contributed by atoms with Crippen molar-refractivity contribution >= 4 is 12.1 Å². The summed E-state index contributed by atoms with van der Waals surface area (Å²) < 4.78 is 0. The summed E-state index contributed by atoms with van der Waals surface area (Å²) in [5.41, 5.74) is 1.37. The second-order valence-corrected chi connectivity index (χ2v) is 3.82. The second kappa shape index (κ2) is 5.89. The Hall–Kier alpha value is -2.26. The van der Waals surface area contributed by atoms with Gasteiger partial charge in [-0.25, -0.2) is 4.99 Å². The number of rotatable bonds is 3. The molecule has 1 atom stereocenters. The van der Waals surface area contributed by atoms with Crippen LogP contribution in [0.2, 0.25) is 0 Å². The number of benzene rings is 2. The van der Waals surface area contributed by atoms with Crippen molar-refractivity contribution in [2.75, 3.05) is 0 Å². The van der Waals surface area contributed by atoms with Crippen LogP contribution in [0.3, 0.4) is 0 Å². The molecule has 0 aliphatic heterocycles. The van der Waals surface area contributed by atoms with Crippen LogP contribution in [0.4, 0.5) is 0 Å². The molecular formula is C15H13NO2. The first kappa shape index (κ1) is 12.2. The summed E-state index contributed by atoms with van der Waals surface area (Å²) in [5, 5.41) is 9.80. The number of aliphatic hydroxyl groups is 1. The molecule has 3 heteroatoms. The Kier molecular flexibility index (Phi) is 3.99. The van der Waals surface area contributed by atoms with Crippen LogP contribution in [-0.4, -0.2) is 17.2 Å². The maximum Gasteiger partial charge on any atom is 0.279 e. The van der Waals surface area contributed by atoms with Gasteiger partial charge in [0, 0.05) is 6.21 Å². The lowest BCUT2D eigenvalue weighted by molar-refractivity contribution is -0.125. The Labute approximate surface area is 105 Å². The summed E-state index contributed by atoms with van der Waals surface area (Å²) in [7, 11) is 0. The third kappa shape index (κ3) is 3.12. The highest BCUT2D eigenvalue weighted by atomic mass is 16.3. The van der Waals surface area contributed by atoms with E-state index in [4.69, 9.17) is 0 Å². The molecule has 0 aromatic heterocycles. The average molecular weight is 239 g/mol. The normalized spacial score (nSPS) is 12.5. The van der Waals surface area contributed by atoms with Gasteiger partial charge >= 0.3 is 0 Å². The number of hydrogen-bond donors (Lipinski definition) is 1. The predicted molar refractivity (Wildman–Crippen MR) is 70.4 cm³/mol. The molecule has 2 aromatic rings. The number of aliphatic imine (C=N–C) groups is 1. The van der Waals surface area contributed by atoms with Crippen LogP contribution in [0.25, 0.3) is 0 Å². The molecule has 0 aliphatic rings. The van der Waals surface area contributed by atoms with Crippen LogP contribution >= 0.6 is 0 Å². The molecule has 0 saturated heterocycles. The van der Waals surface area contributed by atoms with Crippen molar-refractivity contribution in [2.24, 2.45) is 4.99 Å². The van der Waals surface area contributed by atoms with Gasteiger partial charge in [-0.1, -0.05) is 60.7 Å². The summed E-state index contributed by atoms with van der Waals surface area (Å²) in [5.74, 6) is -0.565. The van der Waals surface area contributed by atoms with Gasteiger partial charge in [0.25, 0.3) is 5.91 Å². The highest BCUT2D eigenvalue weighted by Crippen LogP contribution is 2.13. The SMILES string of the molecule is O=C(N=Cc1ccccc1)[C@@H](O)c1ccccc1. The van der Waals surface area contributed by atoms with Gasteiger partial charge < -0.3 is 5.11 Å². The molecule has 3 nitrogen and oxygen atoms in total. The smallest absolute Gasteiger partial charge is 0.279 e. The lowest BCUT2D eigenvalue weighted by atomic mass is 10.1. The van der Waals surface area contributed by atoms with Crippen molar-refractivity contribution in [1.82, 2.24) is 0 Å². The van der Waals surface area contributed by atoms with E-state index in [1.165, 1.54) is 6.21 Å². The molecule has 2 rings (SSSR count). The van der Waals surface area contributed by atoms with Crippen LogP contribution < -0.4 is 0 Å². The van der Waals surface area contributed by atoms with E-state index in [0.717, 1.165) is 5.56 Å². The average Bonchev–Trinajstić information content (AvgIpc) is 2.46. The van der Waals surface area contributed by atoms with Crippen LogP contribution in [0, 0.1) is 0 Å². The standard InChI is InChI=1S/C15H13NO2/c17-14(13-9-5-2-6-10-13)15(18)16-11-12-7-3-1-4-8-12/h1-11,14,17H/t14-/m0/s1. The molecule has 2 aromatic carbocycles. The predicted octanol–water partition coefficient (Wildman–Crippen LogP) is 2.37. The van der Waals surface area contributed by atoms with E-state index in [1.54, 1.807) is 24.3 Å². The zero-order chi connectivity index (χ0) is 12.8. The number of nitrogens with zero attached hydrogens (tertiary/aromatic N) is 1. The van der Waals surface area contributed by atoms with E-state index < -0.39 is 12.0 Å². The Bertz CT molecular complexity index is 535. The molecule has 0 spiro atoms. The summed E-state index contributed by atoms with van der Waals surface area (Å²) in [6.07, 6.45) is 0.250. The van der Waals surface area contributed by atoms with Crippen LogP contribution in [0.5, 0.6) is 0 Å².